The molecule has 1 aromatic carbocycles. The van der Waals surface area contributed by atoms with Crippen LogP contribution in [0, 0.1) is 0 Å². The Morgan fingerprint density at radius 1 is 1.32 bits per heavy atom. The Morgan fingerprint density at radius 2 is 2.16 bits per heavy atom. The SMILES string of the molecule is O=C(Nc1cccc(CCCBr)c1)c1ccoc1Br. The molecule has 19 heavy (non-hydrogen) atoms. The van der Waals surface area contributed by atoms with Gasteiger partial charge >= 0.3 is 0 Å². The maximum atomic E-state index is 12.0. The summed E-state index contributed by atoms with van der Waals surface area (Å²) >= 11 is 6.61. The molecule has 0 radical (unpaired) electrons. The van der Waals surface area contributed by atoms with E-state index in [0.29, 0.717) is 10.2 Å². The number of benzene rings is 1. The maximum absolute atomic E-state index is 12.0. The molecule has 0 aliphatic heterocycles. The Kier molecular flexibility index (Phi) is 5.22. The van der Waals surface area contributed by atoms with E-state index < -0.39 is 0 Å². The number of carbonyl (C=O) groups is 1. The number of nitrogens with one attached hydrogen (secondary N) is 1. The van der Waals surface area contributed by atoms with Gasteiger partial charge in [-0.25, -0.2) is 0 Å². The van der Waals surface area contributed by atoms with E-state index in [4.69, 9.17) is 4.42 Å². The lowest BCUT2D eigenvalue weighted by Gasteiger charge is -2.06. The molecule has 0 bridgehead atoms. The number of carbonyl (C=O) groups excluding carboxylic acids is 1. The van der Waals surface area contributed by atoms with Crippen LogP contribution in [0.2, 0.25) is 0 Å². The van der Waals surface area contributed by atoms with Crippen LogP contribution in [0.25, 0.3) is 0 Å². The van der Waals surface area contributed by atoms with Crippen molar-refractivity contribution in [2.45, 2.75) is 12.8 Å². The monoisotopic (exact) mass is 385 g/mol. The van der Waals surface area contributed by atoms with Crippen LogP contribution in [-0.2, 0) is 6.42 Å². The van der Waals surface area contributed by atoms with Gasteiger partial charge in [-0.2, -0.15) is 0 Å². The molecule has 5 heteroatoms. The average molecular weight is 387 g/mol. The molecule has 0 spiro atoms. The highest BCUT2D eigenvalue weighted by molar-refractivity contribution is 9.10. The fraction of sp³-hybridized carbons (Fsp3) is 0.214. The zero-order valence-electron chi connectivity index (χ0n) is 10.2. The highest BCUT2D eigenvalue weighted by Crippen LogP contribution is 2.20. The van der Waals surface area contributed by atoms with Crippen molar-refractivity contribution < 1.29 is 9.21 Å². The number of hydrogen-bond donors (Lipinski definition) is 1. The summed E-state index contributed by atoms with van der Waals surface area (Å²) in [6, 6.07) is 9.52. The van der Waals surface area contributed by atoms with Crippen molar-refractivity contribution in [3.05, 3.63) is 52.4 Å². The highest BCUT2D eigenvalue weighted by Gasteiger charge is 2.12. The van der Waals surface area contributed by atoms with Crippen LogP contribution in [0.3, 0.4) is 0 Å². The number of rotatable bonds is 5. The number of halogens is 2. The molecule has 0 aliphatic rings. The van der Waals surface area contributed by atoms with Crippen molar-refractivity contribution >= 4 is 43.5 Å². The van der Waals surface area contributed by atoms with Gasteiger partial charge in [0.1, 0.15) is 0 Å². The van der Waals surface area contributed by atoms with E-state index in [2.05, 4.69) is 43.2 Å². The third kappa shape index (κ3) is 3.94. The van der Waals surface area contributed by atoms with E-state index in [1.165, 1.54) is 11.8 Å². The van der Waals surface area contributed by atoms with Gasteiger partial charge in [0.25, 0.3) is 5.91 Å². The molecule has 1 aromatic heterocycles. The van der Waals surface area contributed by atoms with Gasteiger partial charge in [-0.3, -0.25) is 4.79 Å². The van der Waals surface area contributed by atoms with E-state index in [1.807, 2.05) is 18.2 Å². The van der Waals surface area contributed by atoms with Gasteiger partial charge in [0.05, 0.1) is 11.8 Å². The first-order chi connectivity index (χ1) is 9.20. The largest absolute Gasteiger partial charge is 0.457 e. The Morgan fingerprint density at radius 3 is 2.84 bits per heavy atom. The number of anilines is 1. The molecule has 3 nitrogen and oxygen atoms in total. The second kappa shape index (κ2) is 6.91. The first-order valence-electron chi connectivity index (χ1n) is 5.90. The van der Waals surface area contributed by atoms with Gasteiger partial charge in [0, 0.05) is 11.0 Å². The predicted molar refractivity (Wildman–Crippen MR) is 82.9 cm³/mol. The van der Waals surface area contributed by atoms with Crippen molar-refractivity contribution in [2.75, 3.05) is 10.6 Å². The Balaban J connectivity index is 2.07. The van der Waals surface area contributed by atoms with Crippen LogP contribution in [0.15, 0.2) is 45.7 Å². The second-order valence-corrected chi connectivity index (χ2v) is 5.57. The minimum absolute atomic E-state index is 0.182. The molecule has 0 unspecified atom stereocenters. The van der Waals surface area contributed by atoms with Crippen molar-refractivity contribution in [3.63, 3.8) is 0 Å². The lowest BCUT2D eigenvalue weighted by atomic mass is 10.1. The molecule has 2 rings (SSSR count). The second-order valence-electron chi connectivity index (χ2n) is 4.06. The Hall–Kier alpha value is -1.07. The fourth-order valence-corrected chi connectivity index (χ4v) is 2.43. The molecule has 1 N–H and O–H groups in total. The first kappa shape index (κ1) is 14.3. The lowest BCUT2D eigenvalue weighted by Crippen LogP contribution is -2.11. The molecule has 0 saturated heterocycles. The molecule has 100 valence electrons. The molecule has 0 aliphatic carbocycles. The zero-order valence-corrected chi connectivity index (χ0v) is 13.3. The van der Waals surface area contributed by atoms with E-state index in [0.717, 1.165) is 23.9 Å². The number of alkyl halides is 1. The lowest BCUT2D eigenvalue weighted by molar-refractivity contribution is 0.102. The summed E-state index contributed by atoms with van der Waals surface area (Å²) in [6.07, 6.45) is 3.54. The van der Waals surface area contributed by atoms with Gasteiger partial charge in [0.2, 0.25) is 0 Å². The van der Waals surface area contributed by atoms with Gasteiger partial charge in [-0.05, 0) is 52.5 Å². The number of aryl methyl sites for hydroxylation is 1. The van der Waals surface area contributed by atoms with Crippen LogP contribution >= 0.6 is 31.9 Å². The minimum atomic E-state index is -0.182. The van der Waals surface area contributed by atoms with Gasteiger partial charge in [0.15, 0.2) is 4.67 Å². The van der Waals surface area contributed by atoms with E-state index in [1.54, 1.807) is 6.07 Å². The minimum Gasteiger partial charge on any atom is -0.457 e. The summed E-state index contributed by atoms with van der Waals surface area (Å²) in [6.45, 7) is 0. The van der Waals surface area contributed by atoms with E-state index in [-0.39, 0.29) is 5.91 Å². The fourth-order valence-electron chi connectivity index (χ4n) is 1.73. The average Bonchev–Trinajstić information content (AvgIpc) is 2.83. The normalized spacial score (nSPS) is 10.4. The summed E-state index contributed by atoms with van der Waals surface area (Å²) in [5.74, 6) is -0.182. The highest BCUT2D eigenvalue weighted by atomic mass is 79.9. The van der Waals surface area contributed by atoms with Crippen LogP contribution < -0.4 is 5.32 Å². The van der Waals surface area contributed by atoms with Gasteiger partial charge in [-0.1, -0.05) is 28.1 Å². The number of furan rings is 1. The van der Waals surface area contributed by atoms with E-state index >= 15 is 0 Å². The van der Waals surface area contributed by atoms with E-state index in [9.17, 15) is 4.79 Å². The van der Waals surface area contributed by atoms with Crippen molar-refractivity contribution in [1.82, 2.24) is 0 Å². The molecule has 0 atom stereocenters. The predicted octanol–water partition coefficient (Wildman–Crippen LogP) is 4.62. The topological polar surface area (TPSA) is 42.2 Å². The standard InChI is InChI=1S/C14H13Br2NO2/c15-7-2-4-10-3-1-5-11(9-10)17-14(18)12-6-8-19-13(12)16/h1,3,5-6,8-9H,2,4,7H2,(H,17,18). The molecule has 2 aromatic rings. The zero-order chi connectivity index (χ0) is 13.7. The summed E-state index contributed by atoms with van der Waals surface area (Å²) in [4.78, 5) is 12.0. The van der Waals surface area contributed by atoms with Crippen LogP contribution in [0.5, 0.6) is 0 Å². The Bertz CT molecular complexity index is 566. The first-order valence-corrected chi connectivity index (χ1v) is 7.81. The van der Waals surface area contributed by atoms with Crippen LogP contribution in [0.1, 0.15) is 22.3 Å². The molecule has 1 heterocycles. The van der Waals surface area contributed by atoms with Gasteiger partial charge in [-0.15, -0.1) is 0 Å². The number of amides is 1. The smallest absolute Gasteiger partial charge is 0.260 e. The Labute approximate surface area is 128 Å². The summed E-state index contributed by atoms with van der Waals surface area (Å²) in [5.41, 5.74) is 2.50. The van der Waals surface area contributed by atoms with Crippen LogP contribution in [-0.4, -0.2) is 11.2 Å². The molecule has 0 saturated carbocycles. The maximum Gasteiger partial charge on any atom is 0.260 e. The van der Waals surface area contributed by atoms with Crippen LogP contribution in [0.4, 0.5) is 5.69 Å². The third-order valence-corrected chi connectivity index (χ3v) is 3.82. The third-order valence-electron chi connectivity index (χ3n) is 2.65. The quantitative estimate of drug-likeness (QED) is 0.761. The molecule has 1 amide bonds. The van der Waals surface area contributed by atoms with Crippen molar-refractivity contribution in [2.24, 2.45) is 0 Å². The summed E-state index contributed by atoms with van der Waals surface area (Å²) in [5, 5.41) is 3.84. The summed E-state index contributed by atoms with van der Waals surface area (Å²) in [7, 11) is 0. The van der Waals surface area contributed by atoms with Gasteiger partial charge < -0.3 is 9.73 Å². The van der Waals surface area contributed by atoms with Crippen molar-refractivity contribution in [1.29, 1.82) is 0 Å². The molecule has 0 fully saturated rings. The summed E-state index contributed by atoms with van der Waals surface area (Å²) < 4.78 is 5.50. The molecular formula is C14H13Br2NO2. The number of hydrogen-bond acceptors (Lipinski definition) is 2. The molecular weight excluding hydrogens is 374 g/mol. The van der Waals surface area contributed by atoms with Crippen molar-refractivity contribution in [3.8, 4) is 0 Å².